The molecule has 0 aromatic carbocycles. The molecular formula is C20H22F4N4O3. The summed E-state index contributed by atoms with van der Waals surface area (Å²) in [7, 11) is 1.41. The summed E-state index contributed by atoms with van der Waals surface area (Å²) >= 11 is 0. The van der Waals surface area contributed by atoms with Crippen molar-refractivity contribution >= 4 is 23.3 Å². The van der Waals surface area contributed by atoms with E-state index in [1.54, 1.807) is 5.32 Å². The highest BCUT2D eigenvalue weighted by molar-refractivity contribution is 6.43. The molecule has 0 spiro atoms. The number of ketones is 1. The first-order valence-electron chi connectivity index (χ1n) is 9.11. The Morgan fingerprint density at radius 3 is 2.19 bits per heavy atom. The summed E-state index contributed by atoms with van der Waals surface area (Å²) in [6, 6.07) is 1.37. The minimum Gasteiger partial charge on any atom is -0.344 e. The number of halogens is 4. The molecule has 2 rings (SSSR count). The van der Waals surface area contributed by atoms with Gasteiger partial charge in [-0.15, -0.1) is 0 Å². The number of nitrogens with one attached hydrogen (secondary N) is 2. The summed E-state index contributed by atoms with van der Waals surface area (Å²) in [5.41, 5.74) is -1.92. The fourth-order valence-corrected chi connectivity index (χ4v) is 2.97. The van der Waals surface area contributed by atoms with E-state index >= 15 is 0 Å². The van der Waals surface area contributed by atoms with Gasteiger partial charge in [-0.05, 0) is 46.2 Å². The molecule has 0 saturated heterocycles. The van der Waals surface area contributed by atoms with E-state index in [0.717, 1.165) is 20.0 Å². The molecule has 0 aliphatic carbocycles. The van der Waals surface area contributed by atoms with Crippen LogP contribution in [0.5, 0.6) is 0 Å². The highest BCUT2D eigenvalue weighted by atomic mass is 19.4. The number of carbonyl (C=O) groups excluding carboxylic acids is 3. The van der Waals surface area contributed by atoms with Crippen LogP contribution in [0.4, 0.5) is 23.2 Å². The third kappa shape index (κ3) is 4.59. The third-order valence-corrected chi connectivity index (χ3v) is 4.99. The molecule has 0 aliphatic rings. The van der Waals surface area contributed by atoms with Gasteiger partial charge in [-0.2, -0.15) is 17.6 Å². The van der Waals surface area contributed by atoms with Gasteiger partial charge in [0, 0.05) is 18.3 Å². The number of rotatable bonds is 5. The van der Waals surface area contributed by atoms with Gasteiger partial charge in [-0.3, -0.25) is 14.4 Å². The number of alkyl halides is 3. The van der Waals surface area contributed by atoms with Crippen LogP contribution in [0.2, 0.25) is 0 Å². The van der Waals surface area contributed by atoms with E-state index in [4.69, 9.17) is 0 Å². The lowest BCUT2D eigenvalue weighted by Crippen LogP contribution is -2.56. The van der Waals surface area contributed by atoms with Gasteiger partial charge in [0.25, 0.3) is 17.6 Å². The molecular weight excluding hydrogens is 420 g/mol. The molecule has 7 nitrogen and oxygen atoms in total. The van der Waals surface area contributed by atoms with E-state index in [9.17, 15) is 31.9 Å². The molecule has 0 atom stereocenters. The fourth-order valence-electron chi connectivity index (χ4n) is 2.97. The van der Waals surface area contributed by atoms with Crippen molar-refractivity contribution in [3.05, 3.63) is 46.3 Å². The van der Waals surface area contributed by atoms with Gasteiger partial charge in [0.1, 0.15) is 5.54 Å². The number of carbonyl (C=O) groups is 3. The summed E-state index contributed by atoms with van der Waals surface area (Å²) in [4.78, 5) is 41.2. The first-order valence-corrected chi connectivity index (χ1v) is 9.11. The number of anilines is 1. The normalized spacial score (nSPS) is 11.9. The molecule has 2 heterocycles. The van der Waals surface area contributed by atoms with E-state index < -0.39 is 35.3 Å². The van der Waals surface area contributed by atoms with Gasteiger partial charge in [0.15, 0.2) is 0 Å². The Balaban J connectivity index is 2.36. The minimum atomic E-state index is -4.77. The number of hydrogen-bond donors (Lipinski definition) is 2. The molecule has 2 aromatic heterocycles. The number of Topliss-reactive ketones (excluding diaryl/α,β-unsaturated/α-hetero) is 1. The van der Waals surface area contributed by atoms with Crippen LogP contribution in [-0.2, 0) is 11.8 Å². The third-order valence-electron chi connectivity index (χ3n) is 4.99. The zero-order valence-corrected chi connectivity index (χ0v) is 17.8. The van der Waals surface area contributed by atoms with Crippen LogP contribution in [0.25, 0.3) is 0 Å². The molecule has 2 aromatic rings. The van der Waals surface area contributed by atoms with Gasteiger partial charge in [0.05, 0.1) is 23.1 Å². The Bertz CT molecular complexity index is 1070. The van der Waals surface area contributed by atoms with Crippen molar-refractivity contribution < 1.29 is 31.9 Å². The molecule has 0 aliphatic heterocycles. The van der Waals surface area contributed by atoms with Crippen molar-refractivity contribution in [3.8, 4) is 0 Å². The number of nitrogens with zero attached hydrogens (tertiary/aromatic N) is 2. The summed E-state index contributed by atoms with van der Waals surface area (Å²) < 4.78 is 53.7. The molecule has 0 fully saturated rings. The van der Waals surface area contributed by atoms with E-state index in [1.807, 2.05) is 0 Å². The Kier molecular flexibility index (Phi) is 6.30. The van der Waals surface area contributed by atoms with Gasteiger partial charge in [0.2, 0.25) is 5.95 Å². The Morgan fingerprint density at radius 1 is 1.10 bits per heavy atom. The van der Waals surface area contributed by atoms with Crippen molar-refractivity contribution in [1.29, 1.82) is 0 Å². The molecule has 31 heavy (non-hydrogen) atoms. The molecule has 0 unspecified atom stereocenters. The fraction of sp³-hybridized carbons (Fsp3) is 0.400. The summed E-state index contributed by atoms with van der Waals surface area (Å²) in [5.74, 6) is -3.99. The maximum absolute atomic E-state index is 13.3. The van der Waals surface area contributed by atoms with Crippen LogP contribution in [0.15, 0.2) is 12.3 Å². The number of amides is 2. The lowest BCUT2D eigenvalue weighted by atomic mass is 10.0. The number of pyridine rings is 1. The minimum absolute atomic E-state index is 0.0655. The quantitative estimate of drug-likeness (QED) is 0.321. The lowest BCUT2D eigenvalue weighted by Gasteiger charge is -2.28. The van der Waals surface area contributed by atoms with Crippen molar-refractivity contribution in [2.45, 2.75) is 46.3 Å². The molecule has 0 saturated carbocycles. The van der Waals surface area contributed by atoms with Crippen LogP contribution < -0.4 is 10.6 Å². The second-order valence-corrected chi connectivity index (χ2v) is 7.68. The standard InChI is InChI=1S/C20H22F4N4O3/c1-9-7-12(8-25-16(9)21)26-17(30)13-10(2)14(28(6)11(13)3)15(29)18(31)27-19(4,5)20(22,23)24/h7-8H,1-6H3,(H,26,30)(H,27,31). The smallest absolute Gasteiger partial charge is 0.344 e. The highest BCUT2D eigenvalue weighted by Gasteiger charge is 2.49. The second kappa shape index (κ2) is 8.12. The highest BCUT2D eigenvalue weighted by Crippen LogP contribution is 2.30. The van der Waals surface area contributed by atoms with Gasteiger partial charge in [-0.1, -0.05) is 0 Å². The topological polar surface area (TPSA) is 93.1 Å². The zero-order chi connectivity index (χ0) is 23.9. The number of hydrogen-bond acceptors (Lipinski definition) is 4. The van der Waals surface area contributed by atoms with Crippen molar-refractivity contribution in [2.75, 3.05) is 5.32 Å². The monoisotopic (exact) mass is 442 g/mol. The predicted octanol–water partition coefficient (Wildman–Crippen LogP) is 3.38. The van der Waals surface area contributed by atoms with E-state index in [0.29, 0.717) is 5.69 Å². The summed E-state index contributed by atoms with van der Waals surface area (Å²) in [6.07, 6.45) is -3.65. The SMILES string of the molecule is Cc1cc(NC(=O)c2c(C)c(C(=O)C(=O)NC(C)(C)C(F)(F)F)n(C)c2C)cnc1F. The number of aromatic nitrogens is 2. The maximum atomic E-state index is 13.3. The van der Waals surface area contributed by atoms with Crippen LogP contribution >= 0.6 is 0 Å². The van der Waals surface area contributed by atoms with Gasteiger partial charge < -0.3 is 15.2 Å². The Morgan fingerprint density at radius 2 is 1.68 bits per heavy atom. The molecule has 2 N–H and O–H groups in total. The first kappa shape index (κ1) is 24.0. The van der Waals surface area contributed by atoms with E-state index in [-0.39, 0.29) is 28.1 Å². The second-order valence-electron chi connectivity index (χ2n) is 7.68. The van der Waals surface area contributed by atoms with Crippen LogP contribution in [0.3, 0.4) is 0 Å². The van der Waals surface area contributed by atoms with Crippen LogP contribution in [-0.4, -0.2) is 38.9 Å². The zero-order valence-electron chi connectivity index (χ0n) is 17.8. The van der Waals surface area contributed by atoms with Crippen molar-refractivity contribution in [2.24, 2.45) is 7.05 Å². The van der Waals surface area contributed by atoms with Gasteiger partial charge >= 0.3 is 6.18 Å². The van der Waals surface area contributed by atoms with Crippen molar-refractivity contribution in [3.63, 3.8) is 0 Å². The lowest BCUT2D eigenvalue weighted by molar-refractivity contribution is -0.187. The summed E-state index contributed by atoms with van der Waals surface area (Å²) in [6.45, 7) is 5.86. The van der Waals surface area contributed by atoms with E-state index in [2.05, 4.69) is 10.3 Å². The molecule has 0 bridgehead atoms. The van der Waals surface area contributed by atoms with Gasteiger partial charge in [-0.25, -0.2) is 4.98 Å². The Labute approximate surface area is 175 Å². The Hall–Kier alpha value is -3.24. The van der Waals surface area contributed by atoms with Crippen LogP contribution in [0, 0.1) is 26.7 Å². The maximum Gasteiger partial charge on any atom is 0.410 e. The predicted molar refractivity (Wildman–Crippen MR) is 104 cm³/mol. The van der Waals surface area contributed by atoms with E-state index in [1.165, 1.54) is 38.5 Å². The largest absolute Gasteiger partial charge is 0.410 e. The molecule has 168 valence electrons. The molecule has 0 radical (unpaired) electrons. The average Bonchev–Trinajstić information content (AvgIpc) is 2.85. The number of aryl methyl sites for hydroxylation is 1. The average molecular weight is 442 g/mol. The molecule has 2 amide bonds. The first-order chi connectivity index (χ1) is 14.1. The van der Waals surface area contributed by atoms with Crippen molar-refractivity contribution in [1.82, 2.24) is 14.9 Å². The van der Waals surface area contributed by atoms with Crippen LogP contribution in [0.1, 0.15) is 51.5 Å². The summed E-state index contributed by atoms with van der Waals surface area (Å²) in [5, 5.41) is 4.22. The molecule has 11 heteroatoms.